The summed E-state index contributed by atoms with van der Waals surface area (Å²) in [4.78, 5) is 25.5. The van der Waals surface area contributed by atoms with Crippen molar-refractivity contribution < 1.29 is 13.9 Å². The molecule has 1 saturated heterocycles. The fourth-order valence-corrected chi connectivity index (χ4v) is 2.61. The third-order valence-corrected chi connectivity index (χ3v) is 3.62. The molecule has 0 bridgehead atoms. The van der Waals surface area contributed by atoms with Gasteiger partial charge in [0.1, 0.15) is 17.6 Å². The Labute approximate surface area is 128 Å². The lowest BCUT2D eigenvalue weighted by Crippen LogP contribution is -2.30. The molecule has 114 valence electrons. The second-order valence-corrected chi connectivity index (χ2v) is 5.37. The van der Waals surface area contributed by atoms with Crippen LogP contribution in [0.25, 0.3) is 0 Å². The minimum Gasteiger partial charge on any atom is -0.488 e. The monoisotopic (exact) mass is 299 g/mol. The largest absolute Gasteiger partial charge is 0.488 e. The number of benzene rings is 1. The second-order valence-electron chi connectivity index (χ2n) is 5.37. The molecule has 3 rings (SSSR count). The van der Waals surface area contributed by atoms with E-state index in [-0.39, 0.29) is 12.0 Å². The van der Waals surface area contributed by atoms with Crippen molar-refractivity contribution in [1.82, 2.24) is 4.90 Å². The molecule has 0 spiro atoms. The lowest BCUT2D eigenvalue weighted by atomic mass is 10.2. The molecule has 0 radical (unpaired) electrons. The average Bonchev–Trinajstić information content (AvgIpc) is 2.95. The molecule has 1 aliphatic heterocycles. The number of carbonyl (C=O) groups excluding carboxylic acids is 1. The minimum absolute atomic E-state index is 0.00968. The van der Waals surface area contributed by atoms with Crippen LogP contribution in [0.1, 0.15) is 22.5 Å². The van der Waals surface area contributed by atoms with E-state index < -0.39 is 5.63 Å². The van der Waals surface area contributed by atoms with Gasteiger partial charge in [-0.25, -0.2) is 4.79 Å². The number of ether oxygens (including phenoxy) is 1. The summed E-state index contributed by atoms with van der Waals surface area (Å²) in [5.41, 5.74) is 0.254. The number of hydrogen-bond acceptors (Lipinski definition) is 4. The SMILES string of the molecule is Cc1cc(O[C@@H]2CCN(C(=O)c3ccccc3)C2)cc(=O)o1. The molecule has 5 nitrogen and oxygen atoms in total. The Morgan fingerprint density at radius 3 is 2.77 bits per heavy atom. The Hall–Kier alpha value is -2.56. The van der Waals surface area contributed by atoms with Crippen LogP contribution in [0.4, 0.5) is 0 Å². The van der Waals surface area contributed by atoms with Crippen LogP contribution in [0.2, 0.25) is 0 Å². The van der Waals surface area contributed by atoms with Gasteiger partial charge in [0, 0.05) is 24.6 Å². The van der Waals surface area contributed by atoms with Crippen LogP contribution in [-0.2, 0) is 0 Å². The maximum absolute atomic E-state index is 12.4. The molecule has 0 saturated carbocycles. The van der Waals surface area contributed by atoms with E-state index in [1.165, 1.54) is 6.07 Å². The molecule has 5 heteroatoms. The van der Waals surface area contributed by atoms with E-state index in [1.807, 2.05) is 30.3 Å². The molecule has 0 N–H and O–H groups in total. The predicted molar refractivity (Wildman–Crippen MR) is 81.1 cm³/mol. The normalized spacial score (nSPS) is 17.5. The highest BCUT2D eigenvalue weighted by atomic mass is 16.5. The fraction of sp³-hybridized carbons (Fsp3) is 0.294. The van der Waals surface area contributed by atoms with Gasteiger partial charge in [-0.1, -0.05) is 18.2 Å². The Bertz CT molecular complexity index is 723. The summed E-state index contributed by atoms with van der Waals surface area (Å²) in [6.07, 6.45) is 0.645. The second kappa shape index (κ2) is 6.05. The highest BCUT2D eigenvalue weighted by Crippen LogP contribution is 2.19. The van der Waals surface area contributed by atoms with Crippen LogP contribution in [-0.4, -0.2) is 30.0 Å². The molecule has 2 heterocycles. The summed E-state index contributed by atoms with van der Waals surface area (Å²) in [7, 11) is 0. The zero-order chi connectivity index (χ0) is 15.5. The first-order chi connectivity index (χ1) is 10.6. The average molecular weight is 299 g/mol. The fourth-order valence-electron chi connectivity index (χ4n) is 2.61. The molecular formula is C17H17NO4. The molecule has 1 fully saturated rings. The summed E-state index contributed by atoms with van der Waals surface area (Å²) < 4.78 is 10.7. The van der Waals surface area contributed by atoms with Gasteiger partial charge in [0.05, 0.1) is 12.6 Å². The molecule has 1 atom stereocenters. The first-order valence-electron chi connectivity index (χ1n) is 7.24. The third kappa shape index (κ3) is 3.19. The van der Waals surface area contributed by atoms with E-state index in [4.69, 9.17) is 9.15 Å². The van der Waals surface area contributed by atoms with Gasteiger partial charge in [-0.3, -0.25) is 4.79 Å². The first kappa shape index (κ1) is 14.4. The van der Waals surface area contributed by atoms with Gasteiger partial charge in [-0.15, -0.1) is 0 Å². The number of rotatable bonds is 3. The Morgan fingerprint density at radius 2 is 2.05 bits per heavy atom. The molecule has 22 heavy (non-hydrogen) atoms. The van der Waals surface area contributed by atoms with Crippen molar-refractivity contribution in [3.8, 4) is 5.75 Å². The maximum Gasteiger partial charge on any atom is 0.339 e. The van der Waals surface area contributed by atoms with E-state index in [9.17, 15) is 9.59 Å². The first-order valence-corrected chi connectivity index (χ1v) is 7.24. The molecule has 1 aliphatic rings. The number of likely N-dealkylation sites (tertiary alicyclic amines) is 1. The van der Waals surface area contributed by atoms with Crippen molar-refractivity contribution in [2.75, 3.05) is 13.1 Å². The highest BCUT2D eigenvalue weighted by Gasteiger charge is 2.28. The van der Waals surface area contributed by atoms with E-state index in [0.717, 1.165) is 6.42 Å². The van der Waals surface area contributed by atoms with Crippen molar-refractivity contribution in [1.29, 1.82) is 0 Å². The smallest absolute Gasteiger partial charge is 0.339 e. The van der Waals surface area contributed by atoms with Gasteiger partial charge in [0.15, 0.2) is 0 Å². The number of hydrogen-bond donors (Lipinski definition) is 0. The van der Waals surface area contributed by atoms with Crippen LogP contribution in [0.15, 0.2) is 51.7 Å². The lowest BCUT2D eigenvalue weighted by Gasteiger charge is -2.17. The van der Waals surface area contributed by atoms with Crippen LogP contribution < -0.4 is 10.4 Å². The van der Waals surface area contributed by atoms with Gasteiger partial charge >= 0.3 is 5.63 Å². The van der Waals surface area contributed by atoms with E-state index in [1.54, 1.807) is 17.9 Å². The summed E-state index contributed by atoms with van der Waals surface area (Å²) in [6, 6.07) is 12.2. The molecule has 0 aliphatic carbocycles. The number of aryl methyl sites for hydroxylation is 1. The predicted octanol–water partition coefficient (Wildman–Crippen LogP) is 2.24. The highest BCUT2D eigenvalue weighted by molar-refractivity contribution is 5.94. The van der Waals surface area contributed by atoms with Gasteiger partial charge in [0.25, 0.3) is 5.91 Å². The summed E-state index contributed by atoms with van der Waals surface area (Å²) >= 11 is 0. The summed E-state index contributed by atoms with van der Waals surface area (Å²) in [5, 5.41) is 0. The van der Waals surface area contributed by atoms with Crippen molar-refractivity contribution >= 4 is 5.91 Å². The van der Waals surface area contributed by atoms with Crippen LogP contribution in [0, 0.1) is 6.92 Å². The van der Waals surface area contributed by atoms with Crippen molar-refractivity contribution in [3.05, 3.63) is 64.2 Å². The molecule has 0 unspecified atom stereocenters. The Morgan fingerprint density at radius 1 is 1.27 bits per heavy atom. The molecule has 1 amide bonds. The topological polar surface area (TPSA) is 59.8 Å². The van der Waals surface area contributed by atoms with Gasteiger partial charge < -0.3 is 14.1 Å². The van der Waals surface area contributed by atoms with Crippen molar-refractivity contribution in [2.24, 2.45) is 0 Å². The quantitative estimate of drug-likeness (QED) is 0.872. The summed E-state index contributed by atoms with van der Waals surface area (Å²) in [6.45, 7) is 2.87. The zero-order valence-corrected chi connectivity index (χ0v) is 12.3. The molecule has 1 aromatic carbocycles. The van der Waals surface area contributed by atoms with Gasteiger partial charge in [-0.2, -0.15) is 0 Å². The van der Waals surface area contributed by atoms with E-state index in [0.29, 0.717) is 30.2 Å². The van der Waals surface area contributed by atoms with E-state index >= 15 is 0 Å². The van der Waals surface area contributed by atoms with Gasteiger partial charge in [-0.05, 0) is 19.1 Å². The molecular weight excluding hydrogens is 282 g/mol. The van der Waals surface area contributed by atoms with Crippen LogP contribution in [0.5, 0.6) is 5.75 Å². The number of amides is 1. The number of carbonyl (C=O) groups is 1. The van der Waals surface area contributed by atoms with Crippen molar-refractivity contribution in [3.63, 3.8) is 0 Å². The molecule has 1 aromatic heterocycles. The lowest BCUT2D eigenvalue weighted by molar-refractivity contribution is 0.0772. The Kier molecular flexibility index (Phi) is 3.96. The summed E-state index contributed by atoms with van der Waals surface area (Å²) in [5.74, 6) is 1.01. The van der Waals surface area contributed by atoms with Crippen LogP contribution >= 0.6 is 0 Å². The minimum atomic E-state index is -0.426. The van der Waals surface area contributed by atoms with E-state index in [2.05, 4.69) is 0 Å². The third-order valence-electron chi connectivity index (χ3n) is 3.62. The zero-order valence-electron chi connectivity index (χ0n) is 12.3. The maximum atomic E-state index is 12.4. The number of nitrogens with zero attached hydrogens (tertiary/aromatic N) is 1. The van der Waals surface area contributed by atoms with Crippen molar-refractivity contribution in [2.45, 2.75) is 19.4 Å². The Balaban J connectivity index is 1.65. The van der Waals surface area contributed by atoms with Crippen LogP contribution in [0.3, 0.4) is 0 Å². The molecule has 2 aromatic rings. The standard InChI is InChI=1S/C17H17NO4/c1-12-9-15(10-16(19)21-12)22-14-7-8-18(11-14)17(20)13-5-3-2-4-6-13/h2-6,9-10,14H,7-8,11H2,1H3/t14-/m1/s1. The van der Waals surface area contributed by atoms with Gasteiger partial charge in [0.2, 0.25) is 0 Å².